The Balaban J connectivity index is 0.000000253. The topological polar surface area (TPSA) is 34.1 Å². The normalized spacial score (nSPS) is 10.8. The molecule has 0 atom stereocenters. The smallest absolute Gasteiger partial charge is 0.178 e. The van der Waals surface area contributed by atoms with Crippen LogP contribution >= 0.6 is 0 Å². The van der Waals surface area contributed by atoms with Crippen LogP contribution in [0.4, 0.5) is 0 Å². The van der Waals surface area contributed by atoms with E-state index in [-0.39, 0.29) is 31.0 Å². The van der Waals surface area contributed by atoms with Crippen LogP contribution in [-0.4, -0.2) is 11.6 Å². The number of carbonyl (C=O) groups is 2. The molecule has 0 bridgehead atoms. The number of hydrogen-bond acceptors (Lipinski definition) is 2. The van der Waals surface area contributed by atoms with Crippen LogP contribution in [0, 0.1) is 0 Å². The van der Waals surface area contributed by atoms with Crippen molar-refractivity contribution >= 4 is 35.9 Å². The van der Waals surface area contributed by atoms with Crippen LogP contribution in [0.1, 0.15) is 22.3 Å². The third kappa shape index (κ3) is 12.4. The van der Waals surface area contributed by atoms with E-state index in [2.05, 4.69) is 0 Å². The van der Waals surface area contributed by atoms with Crippen molar-refractivity contribution in [1.29, 1.82) is 0 Å². The van der Waals surface area contributed by atoms with Gasteiger partial charge in [0.2, 0.25) is 0 Å². The average molecular weight is 534 g/mol. The third-order valence-electron chi connectivity index (χ3n) is 4.96. The monoisotopic (exact) mass is 532 g/mol. The first-order valence-electron chi connectivity index (χ1n) is 11.7. The zero-order chi connectivity index (χ0) is 25.3. The van der Waals surface area contributed by atoms with Gasteiger partial charge < -0.3 is 0 Å². The largest absolute Gasteiger partial charge is 0.290 e. The van der Waals surface area contributed by atoms with Gasteiger partial charge in [-0.1, -0.05) is 146 Å². The Bertz CT molecular complexity index is 1110. The van der Waals surface area contributed by atoms with Crippen molar-refractivity contribution in [3.8, 4) is 0 Å². The SMILES string of the molecule is O=C(C=Cc1ccccc1)C=Cc1ccccc1.O=C(C=Cc1ccccc1)C=Cc1ccccc1.[Zn]. The fourth-order valence-corrected chi connectivity index (χ4v) is 3.08. The summed E-state index contributed by atoms with van der Waals surface area (Å²) in [4.78, 5) is 23.2. The van der Waals surface area contributed by atoms with E-state index in [1.165, 1.54) is 0 Å². The maximum atomic E-state index is 11.6. The summed E-state index contributed by atoms with van der Waals surface area (Å²) in [6.07, 6.45) is 13.6. The van der Waals surface area contributed by atoms with Gasteiger partial charge in [-0.2, -0.15) is 0 Å². The number of ketones is 2. The van der Waals surface area contributed by atoms with Gasteiger partial charge in [0.1, 0.15) is 0 Å². The van der Waals surface area contributed by atoms with E-state index < -0.39 is 0 Å². The molecular formula is C34H28O2Zn. The van der Waals surface area contributed by atoms with Gasteiger partial charge in [0.05, 0.1) is 0 Å². The van der Waals surface area contributed by atoms with Gasteiger partial charge in [0.15, 0.2) is 11.6 Å². The molecule has 0 saturated carbocycles. The van der Waals surface area contributed by atoms with E-state index >= 15 is 0 Å². The van der Waals surface area contributed by atoms with Crippen LogP contribution in [0.5, 0.6) is 0 Å². The van der Waals surface area contributed by atoms with Crippen LogP contribution in [0.25, 0.3) is 24.3 Å². The van der Waals surface area contributed by atoms with E-state index in [9.17, 15) is 9.59 Å². The van der Waals surface area contributed by atoms with Crippen LogP contribution in [0.3, 0.4) is 0 Å². The van der Waals surface area contributed by atoms with Crippen LogP contribution in [0.2, 0.25) is 0 Å². The van der Waals surface area contributed by atoms with Gasteiger partial charge in [-0.05, 0) is 46.6 Å². The average Bonchev–Trinajstić information content (AvgIpc) is 2.95. The summed E-state index contributed by atoms with van der Waals surface area (Å²) in [6.45, 7) is 0. The Morgan fingerprint density at radius 1 is 0.351 bits per heavy atom. The third-order valence-corrected chi connectivity index (χ3v) is 4.96. The molecule has 3 heteroatoms. The van der Waals surface area contributed by atoms with Crippen molar-refractivity contribution in [2.24, 2.45) is 0 Å². The number of rotatable bonds is 8. The van der Waals surface area contributed by atoms with Gasteiger partial charge in [-0.15, -0.1) is 0 Å². The zero-order valence-corrected chi connectivity index (χ0v) is 23.7. The molecule has 0 saturated heterocycles. The van der Waals surface area contributed by atoms with Crippen molar-refractivity contribution < 1.29 is 29.1 Å². The maximum absolute atomic E-state index is 11.6. The molecule has 4 rings (SSSR count). The molecule has 0 heterocycles. The summed E-state index contributed by atoms with van der Waals surface area (Å²) in [6, 6.07) is 39.1. The Kier molecular flexibility index (Phi) is 13.6. The Hall–Kier alpha value is -4.20. The second-order valence-electron chi connectivity index (χ2n) is 7.78. The molecule has 0 amide bonds. The van der Waals surface area contributed by atoms with Gasteiger partial charge in [0, 0.05) is 19.5 Å². The molecule has 0 radical (unpaired) electrons. The molecule has 0 aliphatic carbocycles. The summed E-state index contributed by atoms with van der Waals surface area (Å²) < 4.78 is 0. The predicted molar refractivity (Wildman–Crippen MR) is 152 cm³/mol. The maximum Gasteiger partial charge on any atom is 0.178 e. The minimum Gasteiger partial charge on any atom is -0.290 e. The molecule has 0 fully saturated rings. The second kappa shape index (κ2) is 17.3. The molecule has 4 aromatic carbocycles. The first kappa shape index (κ1) is 29.0. The van der Waals surface area contributed by atoms with Gasteiger partial charge >= 0.3 is 0 Å². The Morgan fingerprint density at radius 3 is 0.730 bits per heavy atom. The van der Waals surface area contributed by atoms with E-state index in [0.29, 0.717) is 0 Å². The molecule has 0 N–H and O–H groups in total. The molecule has 4 aromatic rings. The number of benzene rings is 4. The second-order valence-corrected chi connectivity index (χ2v) is 7.78. The molecule has 0 aliphatic rings. The van der Waals surface area contributed by atoms with Gasteiger partial charge in [-0.25, -0.2) is 0 Å². The molecular weight excluding hydrogens is 506 g/mol. The van der Waals surface area contributed by atoms with Gasteiger partial charge in [0.25, 0.3) is 0 Å². The minimum absolute atomic E-state index is 0. The van der Waals surface area contributed by atoms with Crippen molar-refractivity contribution in [3.63, 3.8) is 0 Å². The zero-order valence-electron chi connectivity index (χ0n) is 20.7. The van der Waals surface area contributed by atoms with Crippen LogP contribution < -0.4 is 0 Å². The molecule has 178 valence electrons. The predicted octanol–water partition coefficient (Wildman–Crippen LogP) is 7.96. The fourth-order valence-electron chi connectivity index (χ4n) is 3.08. The Labute approximate surface area is 232 Å². The first-order valence-corrected chi connectivity index (χ1v) is 11.7. The molecule has 0 unspecified atom stereocenters. The molecule has 2 nitrogen and oxygen atoms in total. The molecule has 0 aliphatic heterocycles. The van der Waals surface area contributed by atoms with E-state index in [0.717, 1.165) is 22.3 Å². The Morgan fingerprint density at radius 2 is 0.541 bits per heavy atom. The number of hydrogen-bond donors (Lipinski definition) is 0. The molecule has 0 aromatic heterocycles. The van der Waals surface area contributed by atoms with Crippen LogP contribution in [0.15, 0.2) is 146 Å². The number of carbonyl (C=O) groups excluding carboxylic acids is 2. The van der Waals surface area contributed by atoms with E-state index in [1.807, 2.05) is 146 Å². The summed E-state index contributed by atoms with van der Waals surface area (Å²) >= 11 is 0. The fraction of sp³-hybridized carbons (Fsp3) is 0. The molecule has 0 spiro atoms. The van der Waals surface area contributed by atoms with Crippen molar-refractivity contribution in [2.75, 3.05) is 0 Å². The summed E-state index contributed by atoms with van der Waals surface area (Å²) in [7, 11) is 0. The summed E-state index contributed by atoms with van der Waals surface area (Å²) in [5.74, 6) is -0.0228. The number of allylic oxidation sites excluding steroid dienone is 4. The van der Waals surface area contributed by atoms with Crippen molar-refractivity contribution in [2.45, 2.75) is 0 Å². The standard InChI is InChI=1S/2C17H14O.Zn/c2*18-17(13-11-15-7-3-1-4-8-15)14-12-16-9-5-2-6-10-16;/h2*1-14H;. The summed E-state index contributed by atoms with van der Waals surface area (Å²) in [5, 5.41) is 0. The first-order chi connectivity index (χ1) is 17.7. The van der Waals surface area contributed by atoms with Crippen molar-refractivity contribution in [3.05, 3.63) is 168 Å². The summed E-state index contributed by atoms with van der Waals surface area (Å²) in [5.41, 5.74) is 4.11. The van der Waals surface area contributed by atoms with E-state index in [1.54, 1.807) is 24.3 Å². The van der Waals surface area contributed by atoms with Crippen molar-refractivity contribution in [1.82, 2.24) is 0 Å². The molecule has 37 heavy (non-hydrogen) atoms. The van der Waals surface area contributed by atoms with E-state index in [4.69, 9.17) is 0 Å². The minimum atomic E-state index is -0.0114. The van der Waals surface area contributed by atoms with Crippen LogP contribution in [-0.2, 0) is 29.1 Å². The quantitative estimate of drug-likeness (QED) is 0.170. The van der Waals surface area contributed by atoms with Gasteiger partial charge in [-0.3, -0.25) is 9.59 Å².